The van der Waals surface area contributed by atoms with Crippen molar-refractivity contribution in [3.63, 3.8) is 0 Å². The Hall–Kier alpha value is -0.0800. The van der Waals surface area contributed by atoms with E-state index in [1.165, 1.54) is 51.9 Å². The number of halogens is 1. The Kier molecular flexibility index (Phi) is 9.89. The molecule has 0 amide bonds. The van der Waals surface area contributed by atoms with Gasteiger partial charge in [0.25, 0.3) is 0 Å². The lowest BCUT2D eigenvalue weighted by molar-refractivity contribution is 0.120. The lowest BCUT2D eigenvalue weighted by Gasteiger charge is -2.40. The molecule has 1 atom stereocenters. The molecule has 0 radical (unpaired) electrons. The zero-order chi connectivity index (χ0) is 16.7. The fourth-order valence-electron chi connectivity index (χ4n) is 3.52. The van der Waals surface area contributed by atoms with Gasteiger partial charge in [-0.1, -0.05) is 13.3 Å². The van der Waals surface area contributed by atoms with Gasteiger partial charge < -0.3 is 15.5 Å². The van der Waals surface area contributed by atoms with Crippen molar-refractivity contribution in [3.8, 4) is 0 Å². The molecule has 1 unspecified atom stereocenters. The topological polar surface area (TPSA) is 42.9 Å². The molecule has 1 heterocycles. The van der Waals surface area contributed by atoms with Gasteiger partial charge in [-0.3, -0.25) is 9.89 Å². The summed E-state index contributed by atoms with van der Waals surface area (Å²) in [7, 11) is 2.21. The van der Waals surface area contributed by atoms with Crippen LogP contribution in [-0.4, -0.2) is 74.7 Å². The predicted octanol–water partition coefficient (Wildman–Crippen LogP) is 2.38. The van der Waals surface area contributed by atoms with E-state index in [4.69, 9.17) is 4.99 Å². The summed E-state index contributed by atoms with van der Waals surface area (Å²) in [4.78, 5) is 9.86. The second-order valence-corrected chi connectivity index (χ2v) is 7.47. The number of hydrogen-bond donors (Lipinski definition) is 2. The molecule has 2 N–H and O–H groups in total. The van der Waals surface area contributed by atoms with Gasteiger partial charge >= 0.3 is 0 Å². The van der Waals surface area contributed by atoms with Crippen LogP contribution in [0.3, 0.4) is 0 Å². The van der Waals surface area contributed by atoms with E-state index in [0.29, 0.717) is 11.5 Å². The van der Waals surface area contributed by atoms with Crippen LogP contribution in [-0.2, 0) is 0 Å². The first-order chi connectivity index (χ1) is 11.1. The highest BCUT2D eigenvalue weighted by Crippen LogP contribution is 2.43. The Morgan fingerprint density at radius 1 is 1.12 bits per heavy atom. The maximum absolute atomic E-state index is 4.88. The van der Waals surface area contributed by atoms with Gasteiger partial charge in [0.05, 0.1) is 0 Å². The highest BCUT2D eigenvalue weighted by molar-refractivity contribution is 14.0. The SMILES string of the molecule is CCNC(=NCC1(CC)CCC1)NCC(C)N1CCN(C)CC1.I. The van der Waals surface area contributed by atoms with E-state index in [0.717, 1.165) is 25.6 Å². The maximum atomic E-state index is 4.88. The Bertz CT molecular complexity index is 370. The summed E-state index contributed by atoms with van der Waals surface area (Å²) < 4.78 is 0. The van der Waals surface area contributed by atoms with Crippen molar-refractivity contribution < 1.29 is 0 Å². The Labute approximate surface area is 166 Å². The van der Waals surface area contributed by atoms with Gasteiger partial charge in [0, 0.05) is 51.9 Å². The molecule has 2 aliphatic rings. The van der Waals surface area contributed by atoms with E-state index in [1.807, 2.05) is 0 Å². The highest BCUT2D eigenvalue weighted by Gasteiger charge is 2.34. The third kappa shape index (κ3) is 6.33. The molecule has 24 heavy (non-hydrogen) atoms. The van der Waals surface area contributed by atoms with Crippen LogP contribution in [0, 0.1) is 5.41 Å². The average Bonchev–Trinajstić information content (AvgIpc) is 2.52. The minimum Gasteiger partial charge on any atom is -0.357 e. The average molecular weight is 451 g/mol. The van der Waals surface area contributed by atoms with Crippen LogP contribution in [0.15, 0.2) is 4.99 Å². The minimum atomic E-state index is 0. The summed E-state index contributed by atoms with van der Waals surface area (Å²) in [5, 5.41) is 6.96. The fourth-order valence-corrected chi connectivity index (χ4v) is 3.52. The van der Waals surface area contributed by atoms with E-state index in [1.54, 1.807) is 0 Å². The summed E-state index contributed by atoms with van der Waals surface area (Å²) >= 11 is 0. The van der Waals surface area contributed by atoms with Crippen molar-refractivity contribution in [1.82, 2.24) is 20.4 Å². The molecule has 1 saturated carbocycles. The molecule has 0 aromatic rings. The van der Waals surface area contributed by atoms with E-state index >= 15 is 0 Å². The lowest BCUT2D eigenvalue weighted by atomic mass is 9.67. The number of nitrogens with zero attached hydrogens (tertiary/aromatic N) is 3. The van der Waals surface area contributed by atoms with Gasteiger partial charge in [0.2, 0.25) is 0 Å². The van der Waals surface area contributed by atoms with Crippen LogP contribution in [0.5, 0.6) is 0 Å². The van der Waals surface area contributed by atoms with Crippen LogP contribution in [0.1, 0.15) is 46.5 Å². The van der Waals surface area contributed by atoms with Crippen LogP contribution >= 0.6 is 24.0 Å². The van der Waals surface area contributed by atoms with Crippen molar-refractivity contribution in [2.24, 2.45) is 10.4 Å². The number of nitrogens with one attached hydrogen (secondary N) is 2. The molecule has 142 valence electrons. The Morgan fingerprint density at radius 2 is 1.79 bits per heavy atom. The first-order valence-corrected chi connectivity index (χ1v) is 9.53. The summed E-state index contributed by atoms with van der Waals surface area (Å²) in [5.74, 6) is 0.994. The number of hydrogen-bond acceptors (Lipinski definition) is 3. The molecular formula is C18H38IN5. The molecule has 0 bridgehead atoms. The fraction of sp³-hybridized carbons (Fsp3) is 0.944. The van der Waals surface area contributed by atoms with E-state index in [2.05, 4.69) is 48.3 Å². The largest absolute Gasteiger partial charge is 0.357 e. The van der Waals surface area contributed by atoms with E-state index in [9.17, 15) is 0 Å². The smallest absolute Gasteiger partial charge is 0.191 e. The number of aliphatic imine (C=N–C) groups is 1. The van der Waals surface area contributed by atoms with Gasteiger partial charge in [-0.05, 0) is 45.6 Å². The minimum absolute atomic E-state index is 0. The van der Waals surface area contributed by atoms with Gasteiger partial charge in [-0.25, -0.2) is 0 Å². The molecule has 2 fully saturated rings. The molecular weight excluding hydrogens is 413 g/mol. The lowest BCUT2D eigenvalue weighted by Crippen LogP contribution is -2.52. The molecule has 1 aliphatic heterocycles. The maximum Gasteiger partial charge on any atom is 0.191 e. The summed E-state index contributed by atoms with van der Waals surface area (Å²) in [6.45, 7) is 14.3. The molecule has 1 saturated heterocycles. The first kappa shape index (κ1) is 22.0. The van der Waals surface area contributed by atoms with Gasteiger partial charge in [0.15, 0.2) is 5.96 Å². The third-order valence-corrected chi connectivity index (χ3v) is 5.81. The van der Waals surface area contributed by atoms with Gasteiger partial charge in [-0.2, -0.15) is 0 Å². The van der Waals surface area contributed by atoms with E-state index in [-0.39, 0.29) is 24.0 Å². The Morgan fingerprint density at radius 3 is 2.29 bits per heavy atom. The van der Waals surface area contributed by atoms with Crippen molar-refractivity contribution in [2.75, 3.05) is 52.9 Å². The molecule has 0 aromatic heterocycles. The van der Waals surface area contributed by atoms with Crippen molar-refractivity contribution in [2.45, 2.75) is 52.5 Å². The number of piperazine rings is 1. The third-order valence-electron chi connectivity index (χ3n) is 5.81. The normalized spacial score (nSPS) is 23.1. The first-order valence-electron chi connectivity index (χ1n) is 9.53. The molecule has 5 nitrogen and oxygen atoms in total. The number of likely N-dealkylation sites (N-methyl/N-ethyl adjacent to an activating group) is 1. The second-order valence-electron chi connectivity index (χ2n) is 7.47. The molecule has 2 rings (SSSR count). The summed E-state index contributed by atoms with van der Waals surface area (Å²) in [6.07, 6.45) is 5.34. The zero-order valence-corrected chi connectivity index (χ0v) is 18.4. The van der Waals surface area contributed by atoms with Crippen molar-refractivity contribution in [1.29, 1.82) is 0 Å². The van der Waals surface area contributed by atoms with Crippen LogP contribution in [0.25, 0.3) is 0 Å². The quantitative estimate of drug-likeness (QED) is 0.355. The molecule has 0 aromatic carbocycles. The highest BCUT2D eigenvalue weighted by atomic mass is 127. The number of guanidine groups is 1. The van der Waals surface area contributed by atoms with Crippen LogP contribution < -0.4 is 10.6 Å². The van der Waals surface area contributed by atoms with Crippen molar-refractivity contribution in [3.05, 3.63) is 0 Å². The standard InChI is InChI=1S/C18H37N5.HI/c1-5-18(8-7-9-18)15-21-17(19-6-2)20-14-16(3)23-12-10-22(4)11-13-23;/h16H,5-15H2,1-4H3,(H2,19,20,21);1H. The Balaban J connectivity index is 0.00000288. The van der Waals surface area contributed by atoms with Crippen LogP contribution in [0.4, 0.5) is 0 Å². The molecule has 1 aliphatic carbocycles. The molecule has 0 spiro atoms. The van der Waals surface area contributed by atoms with Gasteiger partial charge in [0.1, 0.15) is 0 Å². The molecule has 6 heteroatoms. The monoisotopic (exact) mass is 451 g/mol. The predicted molar refractivity (Wildman–Crippen MR) is 115 cm³/mol. The summed E-state index contributed by atoms with van der Waals surface area (Å²) in [6, 6.07) is 0.552. The van der Waals surface area contributed by atoms with Crippen LogP contribution in [0.2, 0.25) is 0 Å². The van der Waals surface area contributed by atoms with Gasteiger partial charge in [-0.15, -0.1) is 24.0 Å². The van der Waals surface area contributed by atoms with E-state index < -0.39 is 0 Å². The second kappa shape index (κ2) is 10.8. The summed E-state index contributed by atoms with van der Waals surface area (Å²) in [5.41, 5.74) is 0.491. The van der Waals surface area contributed by atoms with Crippen molar-refractivity contribution >= 4 is 29.9 Å². The number of rotatable bonds is 7. The zero-order valence-electron chi connectivity index (χ0n) is 16.1.